The number of pyridine rings is 3. The van der Waals surface area contributed by atoms with Crippen molar-refractivity contribution < 1.29 is 168 Å². The predicted molar refractivity (Wildman–Crippen MR) is 214 cm³/mol. The maximum atomic E-state index is 12.1. The van der Waals surface area contributed by atoms with Crippen LogP contribution in [0.25, 0.3) is 11.4 Å². The summed E-state index contributed by atoms with van der Waals surface area (Å²) in [6.45, 7) is -0.181. The van der Waals surface area contributed by atoms with E-state index >= 15 is 0 Å². The van der Waals surface area contributed by atoms with E-state index in [2.05, 4.69) is 9.87 Å². The van der Waals surface area contributed by atoms with Crippen LogP contribution in [-0.2, 0) is 9.68 Å². The maximum Gasteiger partial charge on any atom is 1.00 e. The molecule has 0 saturated carbocycles. The monoisotopic (exact) mass is 1190 g/mol. The van der Waals surface area contributed by atoms with Crippen LogP contribution in [0.4, 0.5) is 21.5 Å². The van der Waals surface area contributed by atoms with Gasteiger partial charge in [-0.05, 0) is 66.7 Å². The molecule has 16 nitrogen and oxygen atoms in total. The quantitative estimate of drug-likeness (QED) is 0.0587. The smallest absolute Gasteiger partial charge is 1.00 e. The Morgan fingerprint density at radius 3 is 1.34 bits per heavy atom. The summed E-state index contributed by atoms with van der Waals surface area (Å²) in [7, 11) is 9.87. The fourth-order valence-corrected chi connectivity index (χ4v) is 3.59. The minimum absolute atomic E-state index is 0. The first-order chi connectivity index (χ1) is 25.9. The zero-order valence-corrected chi connectivity index (χ0v) is 46.4. The molecule has 22 heteroatoms. The van der Waals surface area contributed by atoms with Crippen LogP contribution in [0.3, 0.4) is 0 Å². The van der Waals surface area contributed by atoms with Gasteiger partial charge in [-0.1, -0.05) is 33.1 Å². The summed E-state index contributed by atoms with van der Waals surface area (Å²) in [6.07, 6.45) is 4.94. The minimum Gasteiger partial charge on any atom is -1.00 e. The van der Waals surface area contributed by atoms with Gasteiger partial charge in [0.05, 0.1) is 9.85 Å². The van der Waals surface area contributed by atoms with Crippen molar-refractivity contribution in [3.8, 4) is 11.4 Å². The third-order valence-corrected chi connectivity index (χ3v) is 5.91. The van der Waals surface area contributed by atoms with E-state index in [0.717, 1.165) is 30.0 Å². The number of non-ortho nitro benzene ring substituents is 2. The van der Waals surface area contributed by atoms with Crippen LogP contribution in [-0.4, -0.2) is 49.3 Å². The van der Waals surface area contributed by atoms with Crippen LogP contribution in [0.2, 0.25) is 0 Å². The fraction of sp³-hybridized carbons (Fsp3) is 0.0556. The topological polar surface area (TPSA) is 239 Å². The summed E-state index contributed by atoms with van der Waals surface area (Å²) in [5.41, 5.74) is 7.32. The molecule has 2 radical (unpaired) electrons. The number of nitrogens with two attached hydrogens (primary N) is 1. The van der Waals surface area contributed by atoms with Crippen molar-refractivity contribution in [1.82, 2.24) is 14.1 Å². The Bertz CT molecular complexity index is 2190. The van der Waals surface area contributed by atoms with Gasteiger partial charge < -0.3 is 22.3 Å². The number of aromatic amines is 1. The molecule has 0 unspecified atom stereocenters. The van der Waals surface area contributed by atoms with Crippen LogP contribution in [0, 0.1) is 26.0 Å². The van der Waals surface area contributed by atoms with Gasteiger partial charge in [-0.2, -0.15) is 0 Å². The SMILES string of the molecule is C.C.Nc1ccc(-n2ccccc2=O)cc1.O=CO[O-].O=[N+]([O-])c1ccc(F)cc1.O=c1cccc[nH]1.O=c1ccccn1-c1ccc([N+](=O)[O-])cc1.[Cl][Sn][Cl].[Cs+].[Cs+].[H-]. The molecule has 3 aromatic heterocycles. The number of hydrogen-bond acceptors (Lipinski definition) is 11. The van der Waals surface area contributed by atoms with Crippen molar-refractivity contribution in [2.24, 2.45) is 0 Å². The number of H-pyrrole nitrogens is 1. The molecule has 0 aliphatic carbocycles. The third kappa shape index (κ3) is 26.9. The van der Waals surface area contributed by atoms with Gasteiger partial charge in [0, 0.05) is 78.1 Å². The standard InChI is InChI=1S/C11H8N2O3.C11H10N2O.C6H4FNO2.C5H5NO.CH2O3.2CH4.2ClH.2Cs.Sn.H/c14-11-3-1-2-8-12(11)9-4-6-10(7-5-9)13(15)16;12-9-4-6-10(7-5-9)13-8-2-1-3-11(13)14;7-5-1-3-6(4-2-5)8(9)10;7-5-3-1-2-4-6-5;2-1-4-3;;;;;;;;/h1-8H;1-8H,12H2;1-4H;1-4H,(H,6,7);1,3H;2*1H4;2*1H;;;;/q;;;;;;;;;2*+1;+2;-1/p-3. The number of nitrogen functional groups attached to an aromatic ring is 1. The molecule has 0 aliphatic rings. The summed E-state index contributed by atoms with van der Waals surface area (Å²) < 4.78 is 15.1. The summed E-state index contributed by atoms with van der Waals surface area (Å²) >= 11 is -0.826. The van der Waals surface area contributed by atoms with Gasteiger partial charge >= 0.3 is 175 Å². The molecule has 0 amide bonds. The maximum absolute atomic E-state index is 12.1. The predicted octanol–water partition coefficient (Wildman–Crippen LogP) is 0.0998. The van der Waals surface area contributed by atoms with Crippen molar-refractivity contribution in [1.29, 1.82) is 0 Å². The van der Waals surface area contributed by atoms with Crippen molar-refractivity contribution in [2.45, 2.75) is 14.9 Å². The zero-order chi connectivity index (χ0) is 40.3. The number of rotatable bonds is 5. The summed E-state index contributed by atoms with van der Waals surface area (Å²) in [5, 5.41) is 28.9. The normalized spacial score (nSPS) is 8.48. The molecule has 0 bridgehead atoms. The zero-order valence-electron chi connectivity index (χ0n) is 30.5. The van der Waals surface area contributed by atoms with Crippen LogP contribution in [0.15, 0.2) is 160 Å². The largest absolute Gasteiger partial charge is 1.00 e. The molecule has 0 aliphatic heterocycles. The van der Waals surface area contributed by atoms with Gasteiger partial charge in [0.15, 0.2) is 0 Å². The molecular weight excluding hydrogens is 1150 g/mol. The van der Waals surface area contributed by atoms with Gasteiger partial charge in [0.2, 0.25) is 5.56 Å². The van der Waals surface area contributed by atoms with Crippen LogP contribution < -0.4 is 165 Å². The van der Waals surface area contributed by atoms with E-state index < -0.39 is 34.6 Å². The van der Waals surface area contributed by atoms with E-state index in [9.17, 15) is 39.0 Å². The Balaban J connectivity index is -0.000000208. The van der Waals surface area contributed by atoms with Crippen LogP contribution in [0.1, 0.15) is 16.3 Å². The second-order valence-corrected chi connectivity index (χ2v) is 13.6. The van der Waals surface area contributed by atoms with E-state index in [1.165, 1.54) is 34.9 Å². The van der Waals surface area contributed by atoms with Gasteiger partial charge in [-0.3, -0.25) is 48.5 Å². The Morgan fingerprint density at radius 1 is 0.690 bits per heavy atom. The van der Waals surface area contributed by atoms with Crippen LogP contribution in [0.5, 0.6) is 0 Å². The summed E-state index contributed by atoms with van der Waals surface area (Å²) in [6, 6.07) is 32.1. The fourth-order valence-electron chi connectivity index (χ4n) is 3.59. The average molecular weight is 1190 g/mol. The van der Waals surface area contributed by atoms with Crippen molar-refractivity contribution in [3.63, 3.8) is 0 Å². The minimum atomic E-state index is -0.826. The number of nitrogens with one attached hydrogen (secondary N) is 1. The van der Waals surface area contributed by atoms with E-state index in [4.69, 9.17) is 33.6 Å². The first-order valence-corrected chi connectivity index (χ1v) is 21.8. The first-order valence-electron chi connectivity index (χ1n) is 14.6. The van der Waals surface area contributed by atoms with Gasteiger partial charge in [0.25, 0.3) is 29.0 Å². The number of carbonyl (C=O) groups excluding carboxylic acids is 1. The number of nitro groups is 2. The number of nitrogens with zero attached hydrogens (tertiary/aromatic N) is 4. The van der Waals surface area contributed by atoms with Gasteiger partial charge in [0.1, 0.15) is 5.82 Å². The second-order valence-electron chi connectivity index (χ2n) is 9.41. The molecular formula is C36H37Cl2Cs2FN6O10Sn. The van der Waals surface area contributed by atoms with E-state index in [1.807, 2.05) is 18.2 Å². The number of hydrogen-bond donors (Lipinski definition) is 2. The van der Waals surface area contributed by atoms with Gasteiger partial charge in [-0.25, -0.2) is 4.39 Å². The Kier molecular flexibility index (Phi) is 40.9. The summed E-state index contributed by atoms with van der Waals surface area (Å²) in [5.74, 6) is -0.467. The van der Waals surface area contributed by atoms with Crippen molar-refractivity contribution in [2.75, 3.05) is 5.73 Å². The van der Waals surface area contributed by atoms with E-state index in [-0.39, 0.29) is 189 Å². The number of aromatic nitrogens is 3. The van der Waals surface area contributed by atoms with Gasteiger partial charge in [-0.15, -0.1) is 0 Å². The number of benzene rings is 3. The number of nitro benzene ring substituents is 2. The van der Waals surface area contributed by atoms with E-state index in [1.54, 1.807) is 77.8 Å². The molecule has 3 aromatic carbocycles. The molecule has 0 saturated heterocycles. The Hall–Kier alpha value is -2.05. The molecule has 298 valence electrons. The Labute approximate surface area is 469 Å². The molecule has 0 fully saturated rings. The Morgan fingerprint density at radius 2 is 1.05 bits per heavy atom. The molecule has 3 N–H and O–H groups in total. The number of halogens is 3. The summed E-state index contributed by atoms with van der Waals surface area (Å²) in [4.78, 5) is 66.2. The first kappa shape index (κ1) is 62.6. The van der Waals surface area contributed by atoms with Crippen molar-refractivity contribution >= 4 is 60.3 Å². The molecule has 3 heterocycles. The molecule has 58 heavy (non-hydrogen) atoms. The molecule has 6 rings (SSSR count). The third-order valence-electron chi connectivity index (χ3n) is 5.91. The van der Waals surface area contributed by atoms with E-state index in [0.29, 0.717) is 11.4 Å². The molecule has 0 atom stereocenters. The molecule has 0 spiro atoms. The molecule has 6 aromatic rings. The average Bonchev–Trinajstić information content (AvgIpc) is 3.17. The number of anilines is 1. The number of carbonyl (C=O) groups is 1. The van der Waals surface area contributed by atoms with Crippen molar-refractivity contribution in [3.05, 3.63) is 203 Å². The van der Waals surface area contributed by atoms with Crippen LogP contribution >= 0.6 is 17.8 Å². The second kappa shape index (κ2) is 37.9.